The highest BCUT2D eigenvalue weighted by molar-refractivity contribution is 5.07. The Morgan fingerprint density at radius 3 is 2.07 bits per heavy atom. The molecule has 1 atom stereocenters. The third kappa shape index (κ3) is 2.97. The Balaban J connectivity index is 2.64. The minimum absolute atomic E-state index is 0.403. The van der Waals surface area contributed by atoms with Gasteiger partial charge in [0.05, 0.1) is 0 Å². The molecule has 0 aromatic rings. The van der Waals surface area contributed by atoms with Crippen LogP contribution in [0, 0.1) is 0 Å². The fraction of sp³-hybridized carbons (Fsp3) is 0.818. The van der Waals surface area contributed by atoms with E-state index in [4.69, 9.17) is 0 Å². The van der Waals surface area contributed by atoms with Crippen LogP contribution in [0.2, 0.25) is 0 Å². The van der Waals surface area contributed by atoms with Crippen LogP contribution in [0.1, 0.15) is 32.6 Å². The van der Waals surface area contributed by atoms with Gasteiger partial charge in [0.2, 0.25) is 6.30 Å². The molecule has 1 aliphatic heterocycles. The lowest BCUT2D eigenvalue weighted by atomic mass is 10.1. The van der Waals surface area contributed by atoms with Gasteiger partial charge in [-0.2, -0.15) is 8.78 Å². The molecule has 0 spiro atoms. The average Bonchev–Trinajstić information content (AvgIpc) is 2.44. The molecule has 4 heteroatoms. The number of rotatable bonds is 3. The summed E-state index contributed by atoms with van der Waals surface area (Å²) in [5, 5.41) is 0. The first kappa shape index (κ1) is 12.6. The number of nitrogens with zero attached hydrogens (tertiary/aromatic N) is 1. The molecule has 1 rings (SSSR count). The van der Waals surface area contributed by atoms with Crippen molar-refractivity contribution in [2.75, 3.05) is 13.1 Å². The summed E-state index contributed by atoms with van der Waals surface area (Å²) in [7, 11) is 0. The van der Waals surface area contributed by atoms with E-state index in [-0.39, 0.29) is 0 Å². The van der Waals surface area contributed by atoms with Crippen LogP contribution in [-0.2, 0) is 0 Å². The molecular formula is C11H18F3N. The maximum Gasteiger partial charge on any atom is 0.312 e. The molecule has 1 saturated heterocycles. The summed E-state index contributed by atoms with van der Waals surface area (Å²) in [5.74, 6) is -3.43. The number of hydrogen-bond acceptors (Lipinski definition) is 1. The van der Waals surface area contributed by atoms with Crippen molar-refractivity contribution in [3.8, 4) is 0 Å². The summed E-state index contributed by atoms with van der Waals surface area (Å²) >= 11 is 0. The van der Waals surface area contributed by atoms with Gasteiger partial charge in [-0.3, -0.25) is 4.90 Å². The van der Waals surface area contributed by atoms with Crippen molar-refractivity contribution in [2.24, 2.45) is 0 Å². The van der Waals surface area contributed by atoms with Crippen LogP contribution in [0.15, 0.2) is 12.2 Å². The zero-order valence-electron chi connectivity index (χ0n) is 9.11. The van der Waals surface area contributed by atoms with E-state index in [9.17, 15) is 13.2 Å². The zero-order chi connectivity index (χ0) is 11.5. The molecule has 0 saturated carbocycles. The monoisotopic (exact) mass is 221 g/mol. The van der Waals surface area contributed by atoms with Gasteiger partial charge in [0, 0.05) is 13.1 Å². The second kappa shape index (κ2) is 5.01. The lowest BCUT2D eigenvalue weighted by Gasteiger charge is -2.30. The Labute approximate surface area is 88.9 Å². The van der Waals surface area contributed by atoms with Crippen molar-refractivity contribution in [1.82, 2.24) is 4.90 Å². The maximum atomic E-state index is 13.6. The molecule has 0 radical (unpaired) electrons. The first-order valence-corrected chi connectivity index (χ1v) is 5.38. The number of hydrogen-bond donors (Lipinski definition) is 0. The quantitative estimate of drug-likeness (QED) is 0.521. The summed E-state index contributed by atoms with van der Waals surface area (Å²) in [4.78, 5) is 1.24. The average molecular weight is 221 g/mol. The molecule has 0 aromatic heterocycles. The highest BCUT2D eigenvalue weighted by Crippen LogP contribution is 2.32. The van der Waals surface area contributed by atoms with Crippen LogP contribution in [0.3, 0.4) is 0 Å². The molecule has 1 unspecified atom stereocenters. The number of alkyl halides is 3. The highest BCUT2D eigenvalue weighted by Gasteiger charge is 2.44. The van der Waals surface area contributed by atoms with Crippen molar-refractivity contribution in [1.29, 1.82) is 0 Å². The van der Waals surface area contributed by atoms with Gasteiger partial charge in [-0.1, -0.05) is 19.4 Å². The molecule has 0 N–H and O–H groups in total. The molecular weight excluding hydrogens is 203 g/mol. The molecule has 1 aliphatic rings. The topological polar surface area (TPSA) is 3.24 Å². The minimum atomic E-state index is -3.43. The first-order valence-electron chi connectivity index (χ1n) is 5.38. The molecule has 1 heterocycles. The van der Waals surface area contributed by atoms with Gasteiger partial charge in [-0.05, 0) is 25.3 Å². The fourth-order valence-corrected chi connectivity index (χ4v) is 1.75. The summed E-state index contributed by atoms with van der Waals surface area (Å²) in [6.45, 7) is 5.16. The lowest BCUT2D eigenvalue weighted by Crippen LogP contribution is -2.45. The van der Waals surface area contributed by atoms with E-state index >= 15 is 0 Å². The summed E-state index contributed by atoms with van der Waals surface area (Å²) in [6, 6.07) is 0. The van der Waals surface area contributed by atoms with Crippen molar-refractivity contribution in [3.05, 3.63) is 12.2 Å². The smallest absolute Gasteiger partial charge is 0.269 e. The zero-order valence-corrected chi connectivity index (χ0v) is 9.11. The van der Waals surface area contributed by atoms with Crippen LogP contribution in [0.4, 0.5) is 13.2 Å². The lowest BCUT2D eigenvalue weighted by molar-refractivity contribution is -0.110. The van der Waals surface area contributed by atoms with E-state index in [1.807, 2.05) is 0 Å². The van der Waals surface area contributed by atoms with Gasteiger partial charge >= 0.3 is 5.92 Å². The minimum Gasteiger partial charge on any atom is -0.269 e. The standard InChI is InChI=1S/C11H18F3N/c1-9(2)11(13,14)10(12)15-7-5-3-4-6-8-15/h10H,1,3-8H2,2H3. The second-order valence-electron chi connectivity index (χ2n) is 4.19. The third-order valence-electron chi connectivity index (χ3n) is 2.83. The summed E-state index contributed by atoms with van der Waals surface area (Å²) < 4.78 is 40.3. The molecule has 0 amide bonds. The molecule has 0 aromatic carbocycles. The van der Waals surface area contributed by atoms with E-state index in [1.54, 1.807) is 0 Å². The van der Waals surface area contributed by atoms with Crippen molar-refractivity contribution < 1.29 is 13.2 Å². The Bertz CT molecular complexity index is 220. The Hall–Kier alpha value is -0.510. The van der Waals surface area contributed by atoms with Crippen molar-refractivity contribution >= 4 is 0 Å². The van der Waals surface area contributed by atoms with E-state index in [1.165, 1.54) is 11.8 Å². The molecule has 1 fully saturated rings. The highest BCUT2D eigenvalue weighted by atomic mass is 19.3. The molecule has 0 bridgehead atoms. The van der Waals surface area contributed by atoms with Crippen molar-refractivity contribution in [2.45, 2.75) is 44.8 Å². The predicted octanol–water partition coefficient (Wildman–Crippen LogP) is 3.37. The normalized spacial score (nSPS) is 22.1. The first-order chi connectivity index (χ1) is 6.96. The van der Waals surface area contributed by atoms with Gasteiger partial charge in [0.25, 0.3) is 0 Å². The largest absolute Gasteiger partial charge is 0.312 e. The van der Waals surface area contributed by atoms with Gasteiger partial charge in [-0.25, -0.2) is 4.39 Å². The molecule has 0 aliphatic carbocycles. The van der Waals surface area contributed by atoms with Crippen LogP contribution < -0.4 is 0 Å². The van der Waals surface area contributed by atoms with Gasteiger partial charge in [-0.15, -0.1) is 0 Å². The Morgan fingerprint density at radius 1 is 1.20 bits per heavy atom. The van der Waals surface area contributed by atoms with Crippen LogP contribution in [0.25, 0.3) is 0 Å². The fourth-order valence-electron chi connectivity index (χ4n) is 1.75. The predicted molar refractivity (Wildman–Crippen MR) is 54.7 cm³/mol. The van der Waals surface area contributed by atoms with Crippen LogP contribution in [-0.4, -0.2) is 30.2 Å². The Kier molecular flexibility index (Phi) is 4.20. The van der Waals surface area contributed by atoms with Crippen molar-refractivity contribution in [3.63, 3.8) is 0 Å². The van der Waals surface area contributed by atoms with E-state index in [2.05, 4.69) is 6.58 Å². The second-order valence-corrected chi connectivity index (χ2v) is 4.19. The SMILES string of the molecule is C=C(C)C(F)(F)C(F)N1CCCCCC1. The van der Waals surface area contributed by atoms with E-state index in [0.717, 1.165) is 25.7 Å². The van der Waals surface area contributed by atoms with Crippen LogP contribution >= 0.6 is 0 Å². The summed E-state index contributed by atoms with van der Waals surface area (Å²) in [6.07, 6.45) is 1.39. The van der Waals surface area contributed by atoms with Gasteiger partial charge < -0.3 is 0 Å². The third-order valence-corrected chi connectivity index (χ3v) is 2.83. The Morgan fingerprint density at radius 2 is 1.67 bits per heavy atom. The maximum absolute atomic E-state index is 13.6. The van der Waals surface area contributed by atoms with Gasteiger partial charge in [0.15, 0.2) is 0 Å². The molecule has 1 nitrogen and oxygen atoms in total. The van der Waals surface area contributed by atoms with Gasteiger partial charge in [0.1, 0.15) is 0 Å². The summed E-state index contributed by atoms with van der Waals surface area (Å²) in [5.41, 5.74) is -0.403. The molecule has 15 heavy (non-hydrogen) atoms. The van der Waals surface area contributed by atoms with E-state index < -0.39 is 17.8 Å². The van der Waals surface area contributed by atoms with E-state index in [0.29, 0.717) is 13.1 Å². The molecule has 88 valence electrons. The number of likely N-dealkylation sites (tertiary alicyclic amines) is 1. The van der Waals surface area contributed by atoms with Crippen LogP contribution in [0.5, 0.6) is 0 Å². The number of halogens is 3.